The molecule has 23 heavy (non-hydrogen) atoms. The maximum Gasteiger partial charge on any atom is 0.269 e. The minimum absolute atomic E-state index is 0.00176. The maximum absolute atomic E-state index is 12.2. The van der Waals surface area contributed by atoms with Crippen molar-refractivity contribution in [1.82, 2.24) is 4.72 Å². The van der Waals surface area contributed by atoms with Crippen molar-refractivity contribution in [1.29, 1.82) is 0 Å². The smallest absolute Gasteiger partial charge is 0.258 e. The van der Waals surface area contributed by atoms with Crippen LogP contribution in [0.3, 0.4) is 0 Å². The van der Waals surface area contributed by atoms with Crippen LogP contribution in [0.2, 0.25) is 0 Å². The maximum atomic E-state index is 12.2. The van der Waals surface area contributed by atoms with E-state index >= 15 is 0 Å². The normalized spacial score (nSPS) is 11.6. The van der Waals surface area contributed by atoms with Gasteiger partial charge in [-0.2, -0.15) is 0 Å². The molecule has 0 saturated heterocycles. The molecule has 0 spiro atoms. The molecule has 2 rings (SSSR count). The molecule has 0 radical (unpaired) electrons. The third-order valence-corrected chi connectivity index (χ3v) is 4.89. The van der Waals surface area contributed by atoms with Gasteiger partial charge in [0.05, 0.1) is 9.82 Å². The van der Waals surface area contributed by atoms with Crippen molar-refractivity contribution < 1.29 is 13.3 Å². The second-order valence-electron chi connectivity index (χ2n) is 5.47. The third kappa shape index (κ3) is 4.37. The number of nitro groups is 1. The highest BCUT2D eigenvalue weighted by Gasteiger charge is 2.15. The van der Waals surface area contributed by atoms with E-state index in [1.54, 1.807) is 0 Å². The van der Waals surface area contributed by atoms with Crippen LogP contribution in [0.4, 0.5) is 5.69 Å². The first-order chi connectivity index (χ1) is 10.8. The number of hydrogen-bond donors (Lipinski definition) is 1. The van der Waals surface area contributed by atoms with Crippen LogP contribution in [0.15, 0.2) is 53.4 Å². The number of non-ortho nitro benzene ring substituents is 1. The molecular weight excluding hydrogens is 316 g/mol. The first-order valence-corrected chi connectivity index (χ1v) is 8.61. The highest BCUT2D eigenvalue weighted by molar-refractivity contribution is 7.89. The fourth-order valence-electron chi connectivity index (χ4n) is 2.03. The summed E-state index contributed by atoms with van der Waals surface area (Å²) < 4.78 is 26.9. The monoisotopic (exact) mass is 334 g/mol. The zero-order chi connectivity index (χ0) is 17.0. The van der Waals surface area contributed by atoms with Crippen molar-refractivity contribution in [2.45, 2.75) is 31.2 Å². The standard InChI is InChI=1S/C16H18N2O4S/c1-12(2)14-5-3-13(4-6-14)11-17-23(21,22)16-9-7-15(8-10-16)18(19)20/h3-10,12,17H,11H2,1-2H3. The van der Waals surface area contributed by atoms with Crippen LogP contribution in [0.1, 0.15) is 30.9 Å². The fourth-order valence-corrected chi connectivity index (χ4v) is 3.05. The molecule has 2 aromatic rings. The molecule has 0 saturated carbocycles. The van der Waals surface area contributed by atoms with Gasteiger partial charge in [-0.3, -0.25) is 10.1 Å². The fraction of sp³-hybridized carbons (Fsp3) is 0.250. The molecule has 0 amide bonds. The van der Waals surface area contributed by atoms with E-state index in [1.165, 1.54) is 29.8 Å². The lowest BCUT2D eigenvalue weighted by Gasteiger charge is -2.09. The third-order valence-electron chi connectivity index (χ3n) is 3.47. The molecule has 0 atom stereocenters. The van der Waals surface area contributed by atoms with Crippen molar-refractivity contribution in [3.63, 3.8) is 0 Å². The van der Waals surface area contributed by atoms with Gasteiger partial charge in [0.1, 0.15) is 0 Å². The van der Waals surface area contributed by atoms with Crippen molar-refractivity contribution in [3.05, 3.63) is 69.8 Å². The molecule has 0 unspecified atom stereocenters. The molecule has 0 bridgehead atoms. The van der Waals surface area contributed by atoms with E-state index in [2.05, 4.69) is 18.6 Å². The van der Waals surface area contributed by atoms with E-state index in [4.69, 9.17) is 0 Å². The Morgan fingerprint density at radius 3 is 2.09 bits per heavy atom. The minimum Gasteiger partial charge on any atom is -0.258 e. The van der Waals surface area contributed by atoms with Crippen LogP contribution >= 0.6 is 0 Å². The van der Waals surface area contributed by atoms with E-state index in [1.807, 2.05) is 24.3 Å². The summed E-state index contributed by atoms with van der Waals surface area (Å²) in [7, 11) is -3.70. The summed E-state index contributed by atoms with van der Waals surface area (Å²) in [5.41, 5.74) is 1.89. The second-order valence-corrected chi connectivity index (χ2v) is 7.24. The molecule has 122 valence electrons. The summed E-state index contributed by atoms with van der Waals surface area (Å²) in [5.74, 6) is 0.417. The Hall–Kier alpha value is -2.25. The topological polar surface area (TPSA) is 89.3 Å². The van der Waals surface area contributed by atoms with E-state index in [0.717, 1.165) is 5.56 Å². The van der Waals surface area contributed by atoms with Gasteiger partial charge in [-0.25, -0.2) is 13.1 Å². The van der Waals surface area contributed by atoms with E-state index < -0.39 is 14.9 Å². The molecule has 6 nitrogen and oxygen atoms in total. The van der Waals surface area contributed by atoms with Crippen molar-refractivity contribution in [2.75, 3.05) is 0 Å². The van der Waals surface area contributed by atoms with Crippen molar-refractivity contribution in [2.24, 2.45) is 0 Å². The molecule has 0 aromatic heterocycles. The zero-order valence-electron chi connectivity index (χ0n) is 12.9. The Bertz CT molecular complexity index is 782. The van der Waals surface area contributed by atoms with Gasteiger partial charge in [0, 0.05) is 18.7 Å². The number of benzene rings is 2. The Labute approximate surface area is 135 Å². The highest BCUT2D eigenvalue weighted by atomic mass is 32.2. The predicted molar refractivity (Wildman–Crippen MR) is 87.7 cm³/mol. The first kappa shape index (κ1) is 17.1. The molecule has 0 fully saturated rings. The quantitative estimate of drug-likeness (QED) is 0.649. The van der Waals surface area contributed by atoms with Gasteiger partial charge < -0.3 is 0 Å². The van der Waals surface area contributed by atoms with Gasteiger partial charge in [0.15, 0.2) is 0 Å². The summed E-state index contributed by atoms with van der Waals surface area (Å²) in [4.78, 5) is 10.0. The van der Waals surface area contributed by atoms with E-state index in [-0.39, 0.29) is 17.1 Å². The second kappa shape index (κ2) is 6.89. The molecule has 7 heteroatoms. The Morgan fingerprint density at radius 1 is 1.04 bits per heavy atom. The molecule has 0 aliphatic rings. The number of rotatable bonds is 6. The zero-order valence-corrected chi connectivity index (χ0v) is 13.7. The van der Waals surface area contributed by atoms with E-state index in [0.29, 0.717) is 5.92 Å². The van der Waals surface area contributed by atoms with Crippen molar-refractivity contribution >= 4 is 15.7 Å². The summed E-state index contributed by atoms with van der Waals surface area (Å²) in [6, 6.07) is 12.5. The van der Waals surface area contributed by atoms with Crippen LogP contribution in [-0.4, -0.2) is 13.3 Å². The number of nitrogens with one attached hydrogen (secondary N) is 1. The van der Waals surface area contributed by atoms with Crippen LogP contribution in [-0.2, 0) is 16.6 Å². The Balaban J connectivity index is 2.07. The molecule has 2 aromatic carbocycles. The van der Waals surface area contributed by atoms with Crippen LogP contribution in [0.25, 0.3) is 0 Å². The lowest BCUT2D eigenvalue weighted by atomic mass is 10.0. The average molecular weight is 334 g/mol. The number of nitrogens with zero attached hydrogens (tertiary/aromatic N) is 1. The molecule has 0 heterocycles. The molecule has 0 aliphatic heterocycles. The van der Waals surface area contributed by atoms with E-state index in [9.17, 15) is 18.5 Å². The molecular formula is C16H18N2O4S. The van der Waals surface area contributed by atoms with Gasteiger partial charge >= 0.3 is 0 Å². The Kier molecular flexibility index (Phi) is 5.12. The Morgan fingerprint density at radius 2 is 1.61 bits per heavy atom. The van der Waals surface area contributed by atoms with Gasteiger partial charge in [-0.05, 0) is 29.2 Å². The molecule has 0 aliphatic carbocycles. The van der Waals surface area contributed by atoms with Crippen molar-refractivity contribution in [3.8, 4) is 0 Å². The SMILES string of the molecule is CC(C)c1ccc(CNS(=O)(=O)c2ccc([N+](=O)[O-])cc2)cc1. The van der Waals surface area contributed by atoms with Gasteiger partial charge in [0.25, 0.3) is 5.69 Å². The van der Waals surface area contributed by atoms with Gasteiger partial charge in [0.2, 0.25) is 10.0 Å². The summed E-state index contributed by atoms with van der Waals surface area (Å²) in [5, 5.41) is 10.6. The minimum atomic E-state index is -3.70. The van der Waals surface area contributed by atoms with Crippen LogP contribution in [0.5, 0.6) is 0 Å². The lowest BCUT2D eigenvalue weighted by molar-refractivity contribution is -0.384. The first-order valence-electron chi connectivity index (χ1n) is 7.12. The van der Waals surface area contributed by atoms with Gasteiger partial charge in [-0.1, -0.05) is 38.1 Å². The van der Waals surface area contributed by atoms with Crippen LogP contribution in [0, 0.1) is 10.1 Å². The number of nitro benzene ring substituents is 1. The number of sulfonamides is 1. The summed E-state index contributed by atoms with van der Waals surface area (Å²) in [6.45, 7) is 4.34. The molecule has 1 N–H and O–H groups in total. The largest absolute Gasteiger partial charge is 0.269 e. The predicted octanol–water partition coefficient (Wildman–Crippen LogP) is 3.20. The summed E-state index contributed by atoms with van der Waals surface area (Å²) >= 11 is 0. The number of hydrogen-bond acceptors (Lipinski definition) is 4. The van der Waals surface area contributed by atoms with Gasteiger partial charge in [-0.15, -0.1) is 0 Å². The summed E-state index contributed by atoms with van der Waals surface area (Å²) in [6.07, 6.45) is 0. The highest BCUT2D eigenvalue weighted by Crippen LogP contribution is 2.17. The van der Waals surface area contributed by atoms with Crippen LogP contribution < -0.4 is 4.72 Å². The lowest BCUT2D eigenvalue weighted by Crippen LogP contribution is -2.23. The average Bonchev–Trinajstić information content (AvgIpc) is 2.53.